The van der Waals surface area contributed by atoms with Crippen LogP contribution in [0.15, 0.2) is 42.5 Å². The van der Waals surface area contributed by atoms with Crippen molar-refractivity contribution in [3.63, 3.8) is 0 Å². The smallest absolute Gasteiger partial charge is 0.341 e. The van der Waals surface area contributed by atoms with Crippen molar-refractivity contribution in [2.24, 2.45) is 0 Å². The van der Waals surface area contributed by atoms with Gasteiger partial charge in [0.15, 0.2) is 0 Å². The number of hydrogen-bond donors (Lipinski definition) is 1. The Kier molecular flexibility index (Phi) is 4.48. The van der Waals surface area contributed by atoms with Gasteiger partial charge in [0, 0.05) is 5.02 Å². The van der Waals surface area contributed by atoms with Crippen LogP contribution >= 0.6 is 11.6 Å². The van der Waals surface area contributed by atoms with E-state index in [4.69, 9.17) is 16.3 Å². The third kappa shape index (κ3) is 3.42. The minimum atomic E-state index is -0.615. The molecule has 1 N–H and O–H groups in total. The normalized spacial score (nSPS) is 10.1. The fourth-order valence-corrected chi connectivity index (χ4v) is 1.88. The quantitative estimate of drug-likeness (QED) is 0.877. The molecule has 104 valence electrons. The van der Waals surface area contributed by atoms with Crippen LogP contribution in [0.25, 0.3) is 0 Å². The lowest BCUT2D eigenvalue weighted by molar-refractivity contribution is 0.0597. The van der Waals surface area contributed by atoms with Crippen molar-refractivity contribution in [3.8, 4) is 11.5 Å². The molecule has 0 aromatic heterocycles. The SMILES string of the molecule is COC(=O)c1cc(OCc2cccc(Cl)c2)ccc1O. The zero-order chi connectivity index (χ0) is 14.5. The van der Waals surface area contributed by atoms with Gasteiger partial charge in [-0.3, -0.25) is 0 Å². The molecular weight excluding hydrogens is 280 g/mol. The maximum Gasteiger partial charge on any atom is 0.341 e. The summed E-state index contributed by atoms with van der Waals surface area (Å²) in [4.78, 5) is 11.5. The number of phenols is 1. The van der Waals surface area contributed by atoms with E-state index in [-0.39, 0.29) is 11.3 Å². The van der Waals surface area contributed by atoms with E-state index in [1.165, 1.54) is 19.2 Å². The number of carbonyl (C=O) groups excluding carboxylic acids is 1. The average molecular weight is 293 g/mol. The first kappa shape index (κ1) is 14.2. The average Bonchev–Trinajstić information content (AvgIpc) is 2.45. The number of carbonyl (C=O) groups is 1. The maximum absolute atomic E-state index is 11.5. The van der Waals surface area contributed by atoms with Crippen LogP contribution in [0.3, 0.4) is 0 Å². The standard InChI is InChI=1S/C15H13ClO4/c1-19-15(18)13-8-12(5-6-14(13)17)20-9-10-3-2-4-11(16)7-10/h2-8,17H,9H2,1H3. The van der Waals surface area contributed by atoms with E-state index in [1.54, 1.807) is 18.2 Å². The monoisotopic (exact) mass is 292 g/mol. The molecule has 4 nitrogen and oxygen atoms in total. The Labute approximate surface area is 121 Å². The summed E-state index contributed by atoms with van der Waals surface area (Å²) < 4.78 is 10.1. The number of aromatic hydroxyl groups is 1. The first-order valence-corrected chi connectivity index (χ1v) is 6.26. The van der Waals surface area contributed by atoms with Gasteiger partial charge < -0.3 is 14.6 Å². The van der Waals surface area contributed by atoms with E-state index >= 15 is 0 Å². The van der Waals surface area contributed by atoms with Crippen LogP contribution in [0.5, 0.6) is 11.5 Å². The van der Waals surface area contributed by atoms with E-state index < -0.39 is 5.97 Å². The summed E-state index contributed by atoms with van der Waals surface area (Å²) in [7, 11) is 1.25. The summed E-state index contributed by atoms with van der Waals surface area (Å²) >= 11 is 5.88. The van der Waals surface area contributed by atoms with Gasteiger partial charge in [-0.2, -0.15) is 0 Å². The molecule has 0 bridgehead atoms. The van der Waals surface area contributed by atoms with Crippen molar-refractivity contribution in [3.05, 3.63) is 58.6 Å². The maximum atomic E-state index is 11.5. The highest BCUT2D eigenvalue weighted by atomic mass is 35.5. The molecule has 0 unspecified atom stereocenters. The first-order valence-electron chi connectivity index (χ1n) is 5.88. The van der Waals surface area contributed by atoms with Crippen LogP contribution < -0.4 is 4.74 Å². The van der Waals surface area contributed by atoms with Gasteiger partial charge in [-0.05, 0) is 35.9 Å². The number of esters is 1. The van der Waals surface area contributed by atoms with E-state index in [9.17, 15) is 9.90 Å². The molecule has 0 aliphatic carbocycles. The van der Waals surface area contributed by atoms with Crippen molar-refractivity contribution < 1.29 is 19.4 Å². The first-order chi connectivity index (χ1) is 9.60. The van der Waals surface area contributed by atoms with Gasteiger partial charge in [-0.25, -0.2) is 4.79 Å². The van der Waals surface area contributed by atoms with Crippen LogP contribution in [0.1, 0.15) is 15.9 Å². The number of rotatable bonds is 4. The predicted octanol–water partition coefficient (Wildman–Crippen LogP) is 3.41. The second-order valence-corrected chi connectivity index (χ2v) is 4.53. The van der Waals surface area contributed by atoms with Gasteiger partial charge in [-0.15, -0.1) is 0 Å². The Balaban J connectivity index is 2.12. The molecule has 2 aromatic rings. The van der Waals surface area contributed by atoms with Crippen LogP contribution in [-0.4, -0.2) is 18.2 Å². The number of ether oxygens (including phenoxy) is 2. The van der Waals surface area contributed by atoms with Gasteiger partial charge in [0.1, 0.15) is 23.7 Å². The molecule has 0 spiro atoms. The molecule has 0 radical (unpaired) electrons. The van der Waals surface area contributed by atoms with E-state index in [1.807, 2.05) is 12.1 Å². The molecule has 2 aromatic carbocycles. The van der Waals surface area contributed by atoms with Crippen molar-refractivity contribution in [1.29, 1.82) is 0 Å². The van der Waals surface area contributed by atoms with Crippen molar-refractivity contribution in [2.45, 2.75) is 6.61 Å². The second kappa shape index (κ2) is 6.30. The highest BCUT2D eigenvalue weighted by molar-refractivity contribution is 6.30. The predicted molar refractivity (Wildman–Crippen MR) is 75.2 cm³/mol. The molecule has 2 rings (SSSR count). The largest absolute Gasteiger partial charge is 0.507 e. The second-order valence-electron chi connectivity index (χ2n) is 4.09. The van der Waals surface area contributed by atoms with Gasteiger partial charge in [-0.1, -0.05) is 23.7 Å². The van der Waals surface area contributed by atoms with Gasteiger partial charge in [0.2, 0.25) is 0 Å². The van der Waals surface area contributed by atoms with E-state index in [2.05, 4.69) is 4.74 Å². The van der Waals surface area contributed by atoms with Gasteiger partial charge >= 0.3 is 5.97 Å². The Morgan fingerprint density at radius 3 is 2.75 bits per heavy atom. The van der Waals surface area contributed by atoms with E-state index in [0.29, 0.717) is 17.4 Å². The summed E-state index contributed by atoms with van der Waals surface area (Å²) in [6.07, 6.45) is 0. The van der Waals surface area contributed by atoms with Crippen LogP contribution in [0.4, 0.5) is 0 Å². The summed E-state index contributed by atoms with van der Waals surface area (Å²) in [5.74, 6) is -0.300. The minimum Gasteiger partial charge on any atom is -0.507 e. The Morgan fingerprint density at radius 2 is 2.05 bits per heavy atom. The van der Waals surface area contributed by atoms with Crippen LogP contribution in [0.2, 0.25) is 5.02 Å². The lowest BCUT2D eigenvalue weighted by Gasteiger charge is -2.09. The fourth-order valence-electron chi connectivity index (χ4n) is 1.67. The lowest BCUT2D eigenvalue weighted by atomic mass is 10.2. The highest BCUT2D eigenvalue weighted by Crippen LogP contribution is 2.24. The molecule has 0 saturated carbocycles. The molecule has 0 saturated heterocycles. The Hall–Kier alpha value is -2.20. The van der Waals surface area contributed by atoms with Gasteiger partial charge in [0.05, 0.1) is 7.11 Å². The summed E-state index contributed by atoms with van der Waals surface area (Å²) in [5.41, 5.74) is 0.973. The molecular formula is C15H13ClO4. The molecule has 0 amide bonds. The Morgan fingerprint density at radius 1 is 1.25 bits per heavy atom. The number of methoxy groups -OCH3 is 1. The number of phenolic OH excluding ortho intramolecular Hbond substituents is 1. The zero-order valence-electron chi connectivity index (χ0n) is 10.8. The minimum absolute atomic E-state index is 0.0658. The number of benzene rings is 2. The molecule has 5 heteroatoms. The third-order valence-electron chi connectivity index (χ3n) is 2.67. The molecule has 0 aliphatic heterocycles. The zero-order valence-corrected chi connectivity index (χ0v) is 11.6. The highest BCUT2D eigenvalue weighted by Gasteiger charge is 2.12. The molecule has 0 atom stereocenters. The number of hydrogen-bond acceptors (Lipinski definition) is 4. The van der Waals surface area contributed by atoms with Crippen LogP contribution in [-0.2, 0) is 11.3 Å². The molecule has 0 heterocycles. The summed E-state index contributed by atoms with van der Waals surface area (Å²) in [6, 6.07) is 11.7. The molecule has 20 heavy (non-hydrogen) atoms. The third-order valence-corrected chi connectivity index (χ3v) is 2.90. The summed E-state index contributed by atoms with van der Waals surface area (Å²) in [6.45, 7) is 0.311. The molecule has 0 aliphatic rings. The van der Waals surface area contributed by atoms with Crippen molar-refractivity contribution in [1.82, 2.24) is 0 Å². The summed E-state index contributed by atoms with van der Waals surface area (Å²) in [5, 5.41) is 10.2. The Bertz CT molecular complexity index is 625. The topological polar surface area (TPSA) is 55.8 Å². The van der Waals surface area contributed by atoms with E-state index in [0.717, 1.165) is 5.56 Å². The fraction of sp³-hybridized carbons (Fsp3) is 0.133. The molecule has 0 fully saturated rings. The van der Waals surface area contributed by atoms with Crippen molar-refractivity contribution in [2.75, 3.05) is 7.11 Å². The number of halogens is 1. The van der Waals surface area contributed by atoms with Gasteiger partial charge in [0.25, 0.3) is 0 Å². The van der Waals surface area contributed by atoms with Crippen molar-refractivity contribution >= 4 is 17.6 Å². The van der Waals surface area contributed by atoms with Crippen LogP contribution in [0, 0.1) is 0 Å². The lowest BCUT2D eigenvalue weighted by Crippen LogP contribution is -2.03.